The zero-order chi connectivity index (χ0) is 22.7. The zero-order valence-corrected chi connectivity index (χ0v) is 20.0. The lowest BCUT2D eigenvalue weighted by atomic mass is 9.69. The van der Waals surface area contributed by atoms with E-state index in [-0.39, 0.29) is 35.9 Å². The van der Waals surface area contributed by atoms with Gasteiger partial charge in [-0.2, -0.15) is 0 Å². The Morgan fingerprint density at radius 3 is 1.20 bits per heavy atom. The molecule has 0 saturated heterocycles. The van der Waals surface area contributed by atoms with Gasteiger partial charge in [0.05, 0.1) is 12.2 Å². The zero-order valence-electron chi connectivity index (χ0n) is 20.0. The molecule has 2 rings (SSSR count). The van der Waals surface area contributed by atoms with Crippen LogP contribution in [-0.2, 0) is 9.59 Å². The average molecular weight is 425 g/mol. The molecule has 0 aromatic rings. The van der Waals surface area contributed by atoms with Crippen molar-refractivity contribution in [3.05, 3.63) is 0 Å². The predicted molar refractivity (Wildman–Crippen MR) is 119 cm³/mol. The monoisotopic (exact) mass is 424 g/mol. The van der Waals surface area contributed by atoms with Crippen LogP contribution in [0.15, 0.2) is 0 Å². The van der Waals surface area contributed by atoms with Crippen LogP contribution >= 0.6 is 0 Å². The molecular weight excluding hydrogens is 380 g/mol. The molecule has 2 aliphatic carbocycles. The van der Waals surface area contributed by atoms with Crippen LogP contribution in [0, 0.1) is 22.7 Å². The lowest BCUT2D eigenvalue weighted by Crippen LogP contribution is -2.49. The fourth-order valence-corrected chi connectivity index (χ4v) is 5.43. The second-order valence-electron chi connectivity index (χ2n) is 10.9. The number of carbonyl (C=O) groups excluding carboxylic acids is 2. The molecule has 0 spiro atoms. The second-order valence-corrected chi connectivity index (χ2v) is 10.9. The Bertz CT molecular complexity index is 536. The topological polar surface area (TPSA) is 81.1 Å². The molecule has 2 amide bonds. The van der Waals surface area contributed by atoms with Crippen molar-refractivity contribution < 1.29 is 19.8 Å². The van der Waals surface area contributed by atoms with Crippen molar-refractivity contribution >= 4 is 11.8 Å². The van der Waals surface area contributed by atoms with E-state index in [2.05, 4.69) is 0 Å². The molecule has 2 fully saturated rings. The van der Waals surface area contributed by atoms with Crippen LogP contribution in [-0.4, -0.2) is 71.2 Å². The van der Waals surface area contributed by atoms with Gasteiger partial charge in [0, 0.05) is 38.0 Å². The second kappa shape index (κ2) is 9.99. The van der Waals surface area contributed by atoms with Crippen molar-refractivity contribution in [3.8, 4) is 0 Å². The van der Waals surface area contributed by atoms with Crippen LogP contribution in [0.3, 0.4) is 0 Å². The summed E-state index contributed by atoms with van der Waals surface area (Å²) in [5.74, 6) is 0.808. The van der Waals surface area contributed by atoms with Crippen LogP contribution in [0.25, 0.3) is 0 Å². The lowest BCUT2D eigenvalue weighted by molar-refractivity contribution is -0.147. The maximum atomic E-state index is 13.1. The third-order valence-electron chi connectivity index (χ3n) is 8.00. The fraction of sp³-hybridized carbons (Fsp3) is 0.917. The van der Waals surface area contributed by atoms with Gasteiger partial charge in [-0.05, 0) is 63.2 Å². The van der Waals surface area contributed by atoms with Crippen LogP contribution in [0.1, 0.15) is 79.1 Å². The van der Waals surface area contributed by atoms with E-state index < -0.39 is 10.8 Å². The van der Waals surface area contributed by atoms with Crippen molar-refractivity contribution in [1.82, 2.24) is 9.80 Å². The molecule has 0 bridgehead atoms. The Kier molecular flexibility index (Phi) is 8.36. The lowest BCUT2D eigenvalue weighted by Gasteiger charge is -2.41. The molecular formula is C24H44N2O4. The van der Waals surface area contributed by atoms with E-state index >= 15 is 0 Å². The minimum Gasteiger partial charge on any atom is -0.393 e. The number of aliphatic hydroxyl groups excluding tert-OH is 2. The number of hydrogen-bond donors (Lipinski definition) is 2. The number of nitrogens with zero attached hydrogens (tertiary/aromatic N) is 2. The maximum Gasteiger partial charge on any atom is 0.228 e. The normalized spacial score (nSPS) is 28.1. The fourth-order valence-electron chi connectivity index (χ4n) is 5.43. The summed E-state index contributed by atoms with van der Waals surface area (Å²) < 4.78 is 0. The number of carbonyl (C=O) groups is 2. The summed E-state index contributed by atoms with van der Waals surface area (Å²) in [7, 11) is 3.65. The summed E-state index contributed by atoms with van der Waals surface area (Å²) in [6.07, 6.45) is 6.19. The third kappa shape index (κ3) is 5.76. The van der Waals surface area contributed by atoms with Crippen LogP contribution in [0.5, 0.6) is 0 Å². The van der Waals surface area contributed by atoms with Gasteiger partial charge in [0.1, 0.15) is 0 Å². The number of likely N-dealkylation sites (N-methyl/N-ethyl adjacent to an activating group) is 2. The van der Waals surface area contributed by atoms with Crippen molar-refractivity contribution in [2.45, 2.75) is 91.3 Å². The van der Waals surface area contributed by atoms with Crippen LogP contribution < -0.4 is 0 Å². The van der Waals surface area contributed by atoms with Gasteiger partial charge in [-0.15, -0.1) is 0 Å². The van der Waals surface area contributed by atoms with Crippen molar-refractivity contribution in [1.29, 1.82) is 0 Å². The summed E-state index contributed by atoms with van der Waals surface area (Å²) in [5, 5.41) is 19.5. The van der Waals surface area contributed by atoms with Crippen molar-refractivity contribution in [2.75, 3.05) is 27.2 Å². The van der Waals surface area contributed by atoms with Gasteiger partial charge in [-0.25, -0.2) is 0 Å². The van der Waals surface area contributed by atoms with Crippen LogP contribution in [0.2, 0.25) is 0 Å². The van der Waals surface area contributed by atoms with Crippen molar-refractivity contribution in [3.63, 3.8) is 0 Å². The van der Waals surface area contributed by atoms with Gasteiger partial charge in [-0.3, -0.25) is 9.59 Å². The standard InChI is InChI=1S/C24H44N2O4/c1-23(2,17-7-11-19(27)12-8-17)21(29)25(5)15-16-26(6)22(30)24(3,4)18-9-13-20(28)14-10-18/h17-20,27-28H,7-16H2,1-6H3. The van der Waals surface area contributed by atoms with E-state index in [1.54, 1.807) is 9.80 Å². The first-order chi connectivity index (χ1) is 13.9. The van der Waals surface area contributed by atoms with E-state index in [1.165, 1.54) is 0 Å². The van der Waals surface area contributed by atoms with E-state index in [1.807, 2.05) is 41.8 Å². The van der Waals surface area contributed by atoms with E-state index in [0.29, 0.717) is 13.1 Å². The molecule has 6 heteroatoms. The Morgan fingerprint density at radius 1 is 0.667 bits per heavy atom. The highest BCUT2D eigenvalue weighted by molar-refractivity contribution is 5.83. The predicted octanol–water partition coefficient (Wildman–Crippen LogP) is 3.06. The van der Waals surface area contributed by atoms with E-state index in [9.17, 15) is 19.8 Å². The molecule has 0 heterocycles. The highest BCUT2D eigenvalue weighted by atomic mass is 16.3. The van der Waals surface area contributed by atoms with Gasteiger partial charge < -0.3 is 20.0 Å². The molecule has 2 N–H and O–H groups in total. The summed E-state index contributed by atoms with van der Waals surface area (Å²) in [5.41, 5.74) is -0.917. The maximum absolute atomic E-state index is 13.1. The molecule has 0 unspecified atom stereocenters. The number of amides is 2. The molecule has 2 saturated carbocycles. The first-order valence-electron chi connectivity index (χ1n) is 11.7. The number of aliphatic hydroxyl groups is 2. The van der Waals surface area contributed by atoms with Gasteiger partial charge >= 0.3 is 0 Å². The molecule has 2 aliphatic rings. The van der Waals surface area contributed by atoms with Crippen LogP contribution in [0.4, 0.5) is 0 Å². The highest BCUT2D eigenvalue weighted by Crippen LogP contribution is 2.40. The summed E-state index contributed by atoms with van der Waals surface area (Å²) in [6, 6.07) is 0. The minimum absolute atomic E-state index is 0.116. The highest BCUT2D eigenvalue weighted by Gasteiger charge is 2.41. The first kappa shape index (κ1) is 25.1. The summed E-state index contributed by atoms with van der Waals surface area (Å²) in [6.45, 7) is 9.10. The number of rotatable bonds is 7. The number of hydrogen-bond acceptors (Lipinski definition) is 4. The Morgan fingerprint density at radius 2 is 0.933 bits per heavy atom. The van der Waals surface area contributed by atoms with E-state index in [4.69, 9.17) is 0 Å². The molecule has 174 valence electrons. The van der Waals surface area contributed by atoms with Crippen molar-refractivity contribution in [2.24, 2.45) is 22.7 Å². The Labute approximate surface area is 183 Å². The molecule has 30 heavy (non-hydrogen) atoms. The molecule has 6 nitrogen and oxygen atoms in total. The minimum atomic E-state index is -0.459. The summed E-state index contributed by atoms with van der Waals surface area (Å²) in [4.78, 5) is 29.8. The quantitative estimate of drug-likeness (QED) is 0.658. The molecule has 0 radical (unpaired) electrons. The molecule has 0 aromatic carbocycles. The molecule has 0 aliphatic heterocycles. The van der Waals surface area contributed by atoms with Gasteiger partial charge in [0.15, 0.2) is 0 Å². The van der Waals surface area contributed by atoms with E-state index in [0.717, 1.165) is 51.4 Å². The SMILES string of the molecule is CN(CCN(C)C(=O)C(C)(C)C1CCC(O)CC1)C(=O)C(C)(C)C1CCC(O)CC1. The Balaban J connectivity index is 1.88. The Hall–Kier alpha value is -1.14. The largest absolute Gasteiger partial charge is 0.393 e. The summed E-state index contributed by atoms with van der Waals surface area (Å²) >= 11 is 0. The van der Waals surface area contributed by atoms with Gasteiger partial charge in [0.25, 0.3) is 0 Å². The third-order valence-corrected chi connectivity index (χ3v) is 8.00. The average Bonchev–Trinajstić information content (AvgIpc) is 2.71. The van der Waals surface area contributed by atoms with Gasteiger partial charge in [0.2, 0.25) is 11.8 Å². The molecule has 0 atom stereocenters. The smallest absolute Gasteiger partial charge is 0.228 e. The van der Waals surface area contributed by atoms with Gasteiger partial charge in [-0.1, -0.05) is 27.7 Å². The first-order valence-corrected chi connectivity index (χ1v) is 11.7. The molecule has 0 aromatic heterocycles.